The molecule has 7 heteroatoms. The maximum absolute atomic E-state index is 12.3. The molecule has 0 aromatic heterocycles. The van der Waals surface area contributed by atoms with Gasteiger partial charge in [-0.1, -0.05) is 17.7 Å². The fourth-order valence-corrected chi connectivity index (χ4v) is 5.46. The molecular weight excluding hydrogens is 420 g/mol. The van der Waals surface area contributed by atoms with Crippen molar-refractivity contribution in [2.24, 2.45) is 0 Å². The van der Waals surface area contributed by atoms with E-state index in [2.05, 4.69) is 0 Å². The van der Waals surface area contributed by atoms with Crippen LogP contribution in [0, 0.1) is 6.92 Å². The van der Waals surface area contributed by atoms with Gasteiger partial charge in [-0.15, -0.1) is 0 Å². The van der Waals surface area contributed by atoms with Gasteiger partial charge < -0.3 is 9.47 Å². The van der Waals surface area contributed by atoms with E-state index in [0.717, 1.165) is 11.3 Å². The molecule has 1 saturated heterocycles. The molecule has 1 fully saturated rings. The van der Waals surface area contributed by atoms with Gasteiger partial charge in [0.1, 0.15) is 17.2 Å². The molecule has 154 valence electrons. The van der Waals surface area contributed by atoms with Gasteiger partial charge in [-0.05, 0) is 67.6 Å². The Balaban J connectivity index is 1.37. The van der Waals surface area contributed by atoms with E-state index in [1.54, 1.807) is 72.4 Å². The number of hydrogen-bond donors (Lipinski definition) is 0. The summed E-state index contributed by atoms with van der Waals surface area (Å²) < 4.78 is 35.7. The lowest BCUT2D eigenvalue weighted by Crippen LogP contribution is -2.10. The summed E-state index contributed by atoms with van der Waals surface area (Å²) in [4.78, 5) is 12.5. The molecule has 0 amide bonds. The van der Waals surface area contributed by atoms with Crippen LogP contribution in [-0.2, 0) is 9.84 Å². The standard InChI is InChI=1S/C23H20O5S2/c1-16-2-4-17(5-3-16)23(24)28-20-8-6-18(7-9-20)27-19-10-12-22(13-11-19)30(25,26)15-21-14-29-21/h2-13,21H,14-15H2,1H3. The van der Waals surface area contributed by atoms with Gasteiger partial charge in [-0.2, -0.15) is 11.8 Å². The van der Waals surface area contributed by atoms with Crippen LogP contribution < -0.4 is 9.47 Å². The van der Waals surface area contributed by atoms with Crippen LogP contribution in [-0.4, -0.2) is 31.1 Å². The summed E-state index contributed by atoms with van der Waals surface area (Å²) in [7, 11) is -3.25. The number of carbonyl (C=O) groups is 1. The van der Waals surface area contributed by atoms with E-state index in [0.29, 0.717) is 27.7 Å². The Morgan fingerprint density at radius 2 is 1.43 bits per heavy atom. The lowest BCUT2D eigenvalue weighted by Gasteiger charge is -2.09. The summed E-state index contributed by atoms with van der Waals surface area (Å²) >= 11 is 1.66. The van der Waals surface area contributed by atoms with Gasteiger partial charge in [0.25, 0.3) is 0 Å². The topological polar surface area (TPSA) is 69.7 Å². The average Bonchev–Trinajstić information content (AvgIpc) is 3.54. The highest BCUT2D eigenvalue weighted by Crippen LogP contribution is 2.33. The summed E-state index contributed by atoms with van der Waals surface area (Å²) in [5.74, 6) is 2.16. The number of hydrogen-bond acceptors (Lipinski definition) is 6. The Morgan fingerprint density at radius 1 is 0.900 bits per heavy atom. The quantitative estimate of drug-likeness (QED) is 0.296. The number of carbonyl (C=O) groups excluding carboxylic acids is 1. The van der Waals surface area contributed by atoms with Gasteiger partial charge in [-0.3, -0.25) is 0 Å². The molecule has 5 nitrogen and oxygen atoms in total. The molecule has 1 aliphatic rings. The van der Waals surface area contributed by atoms with Crippen molar-refractivity contribution in [3.05, 3.63) is 83.9 Å². The zero-order valence-electron chi connectivity index (χ0n) is 16.3. The van der Waals surface area contributed by atoms with E-state index in [4.69, 9.17) is 9.47 Å². The maximum atomic E-state index is 12.3. The van der Waals surface area contributed by atoms with Gasteiger partial charge in [0.2, 0.25) is 0 Å². The first-order valence-corrected chi connectivity index (χ1v) is 12.1. The minimum atomic E-state index is -3.25. The van der Waals surface area contributed by atoms with Crippen molar-refractivity contribution in [2.45, 2.75) is 17.1 Å². The number of aryl methyl sites for hydroxylation is 1. The van der Waals surface area contributed by atoms with Crippen LogP contribution in [0.3, 0.4) is 0 Å². The molecule has 3 aromatic carbocycles. The largest absolute Gasteiger partial charge is 0.457 e. The number of ether oxygens (including phenoxy) is 2. The predicted octanol–water partition coefficient (Wildman–Crippen LogP) is 4.90. The highest BCUT2D eigenvalue weighted by molar-refractivity contribution is 8.08. The number of rotatable bonds is 7. The zero-order chi connectivity index (χ0) is 21.1. The first kappa shape index (κ1) is 20.5. The van der Waals surface area contributed by atoms with E-state index in [9.17, 15) is 13.2 Å². The van der Waals surface area contributed by atoms with Crippen molar-refractivity contribution < 1.29 is 22.7 Å². The summed E-state index contributed by atoms with van der Waals surface area (Å²) in [6.45, 7) is 1.95. The summed E-state index contributed by atoms with van der Waals surface area (Å²) in [6.07, 6.45) is 0. The SMILES string of the molecule is Cc1ccc(C(=O)Oc2ccc(Oc3ccc(S(=O)(=O)CC4CS4)cc3)cc2)cc1. The molecule has 1 unspecified atom stereocenters. The van der Waals surface area contributed by atoms with Gasteiger partial charge >= 0.3 is 5.97 Å². The second-order valence-corrected chi connectivity index (χ2v) is 10.4. The smallest absolute Gasteiger partial charge is 0.343 e. The number of thioether (sulfide) groups is 1. The van der Waals surface area contributed by atoms with Crippen molar-refractivity contribution in [1.29, 1.82) is 0 Å². The Hall–Kier alpha value is -2.77. The average molecular weight is 441 g/mol. The molecule has 0 bridgehead atoms. The minimum Gasteiger partial charge on any atom is -0.457 e. The van der Waals surface area contributed by atoms with Crippen LogP contribution in [0.1, 0.15) is 15.9 Å². The van der Waals surface area contributed by atoms with E-state index in [1.807, 2.05) is 19.1 Å². The van der Waals surface area contributed by atoms with E-state index < -0.39 is 15.8 Å². The first-order valence-electron chi connectivity index (χ1n) is 9.40. The molecule has 1 atom stereocenters. The van der Waals surface area contributed by atoms with E-state index in [-0.39, 0.29) is 11.0 Å². The molecular formula is C23H20O5S2. The third kappa shape index (κ3) is 5.23. The molecule has 4 rings (SSSR count). The van der Waals surface area contributed by atoms with Crippen molar-refractivity contribution in [3.8, 4) is 17.2 Å². The monoisotopic (exact) mass is 440 g/mol. The molecule has 0 aliphatic carbocycles. The lowest BCUT2D eigenvalue weighted by molar-refractivity contribution is 0.0734. The van der Waals surface area contributed by atoms with E-state index >= 15 is 0 Å². The second-order valence-electron chi connectivity index (χ2n) is 7.04. The van der Waals surface area contributed by atoms with Crippen molar-refractivity contribution >= 4 is 27.6 Å². The molecule has 1 aliphatic heterocycles. The van der Waals surface area contributed by atoms with Gasteiger partial charge in [0.05, 0.1) is 16.2 Å². The molecule has 0 spiro atoms. The lowest BCUT2D eigenvalue weighted by atomic mass is 10.1. The van der Waals surface area contributed by atoms with Crippen molar-refractivity contribution in [1.82, 2.24) is 0 Å². The maximum Gasteiger partial charge on any atom is 0.343 e. The second kappa shape index (κ2) is 8.53. The Morgan fingerprint density at radius 3 is 2.00 bits per heavy atom. The first-order chi connectivity index (χ1) is 14.4. The number of esters is 1. The summed E-state index contributed by atoms with van der Waals surface area (Å²) in [6, 6.07) is 20.2. The van der Waals surface area contributed by atoms with Crippen LogP contribution in [0.2, 0.25) is 0 Å². The minimum absolute atomic E-state index is 0.181. The van der Waals surface area contributed by atoms with Crippen molar-refractivity contribution in [2.75, 3.05) is 11.5 Å². The summed E-state index contributed by atoms with van der Waals surface area (Å²) in [5.41, 5.74) is 1.55. The highest BCUT2D eigenvalue weighted by Gasteiger charge is 2.29. The summed E-state index contributed by atoms with van der Waals surface area (Å²) in [5, 5.41) is 0.226. The van der Waals surface area contributed by atoms with Gasteiger partial charge in [-0.25, -0.2) is 13.2 Å². The fraction of sp³-hybridized carbons (Fsp3) is 0.174. The molecule has 3 aromatic rings. The van der Waals surface area contributed by atoms with Crippen LogP contribution in [0.5, 0.6) is 17.2 Å². The van der Waals surface area contributed by atoms with Gasteiger partial charge in [0, 0.05) is 11.0 Å². The number of sulfone groups is 1. The third-order valence-corrected chi connectivity index (χ3v) is 7.56. The van der Waals surface area contributed by atoms with Crippen LogP contribution in [0.15, 0.2) is 77.7 Å². The Bertz CT molecular complexity index is 1130. The normalized spacial score (nSPS) is 15.4. The van der Waals surface area contributed by atoms with E-state index in [1.165, 1.54) is 0 Å². The van der Waals surface area contributed by atoms with Gasteiger partial charge in [0.15, 0.2) is 9.84 Å². The predicted molar refractivity (Wildman–Crippen MR) is 117 cm³/mol. The Labute approximate surface area is 180 Å². The molecule has 30 heavy (non-hydrogen) atoms. The zero-order valence-corrected chi connectivity index (χ0v) is 17.9. The number of benzene rings is 3. The van der Waals surface area contributed by atoms with Crippen molar-refractivity contribution in [3.63, 3.8) is 0 Å². The molecule has 0 radical (unpaired) electrons. The highest BCUT2D eigenvalue weighted by atomic mass is 32.2. The third-order valence-electron chi connectivity index (χ3n) is 4.55. The van der Waals surface area contributed by atoms with Crippen LogP contribution in [0.25, 0.3) is 0 Å². The molecule has 1 heterocycles. The van der Waals surface area contributed by atoms with Crippen LogP contribution >= 0.6 is 11.8 Å². The Kier molecular flexibility index (Phi) is 5.83. The fourth-order valence-electron chi connectivity index (χ4n) is 2.79. The molecule has 0 N–H and O–H groups in total. The molecule has 0 saturated carbocycles. The van der Waals surface area contributed by atoms with Crippen LogP contribution in [0.4, 0.5) is 0 Å².